The van der Waals surface area contributed by atoms with Crippen LogP contribution in [0.1, 0.15) is 76.8 Å². The molecule has 7 heteroatoms. The van der Waals surface area contributed by atoms with E-state index in [0.717, 1.165) is 32.1 Å². The van der Waals surface area contributed by atoms with Gasteiger partial charge < -0.3 is 15.5 Å². The van der Waals surface area contributed by atoms with Crippen molar-refractivity contribution in [2.75, 3.05) is 6.54 Å². The smallest absolute Gasteiger partial charge is 0.237 e. The molecule has 0 aromatic heterocycles. The van der Waals surface area contributed by atoms with Crippen molar-refractivity contribution in [2.24, 2.45) is 17.3 Å². The van der Waals surface area contributed by atoms with E-state index >= 15 is 0 Å². The van der Waals surface area contributed by atoms with Gasteiger partial charge in [-0.25, -0.2) is 8.78 Å². The van der Waals surface area contributed by atoms with Crippen molar-refractivity contribution in [3.8, 4) is 0 Å². The molecule has 1 heterocycles. The molecule has 4 aliphatic carbocycles. The summed E-state index contributed by atoms with van der Waals surface area (Å²) in [7, 11) is 0. The number of benzene rings is 1. The molecule has 4 saturated carbocycles. The summed E-state index contributed by atoms with van der Waals surface area (Å²) in [6.45, 7) is 7.10. The Morgan fingerprint density at radius 3 is 2.09 bits per heavy atom. The Kier molecular flexibility index (Phi) is 5.35. The maximum atomic E-state index is 13.6. The van der Waals surface area contributed by atoms with Crippen LogP contribution in [-0.2, 0) is 22.7 Å². The van der Waals surface area contributed by atoms with Crippen LogP contribution in [0, 0.1) is 28.9 Å². The highest BCUT2D eigenvalue weighted by Crippen LogP contribution is 2.57. The van der Waals surface area contributed by atoms with Gasteiger partial charge in [-0.1, -0.05) is 20.8 Å². The number of amides is 2. The monoisotopic (exact) mass is 459 g/mol. The summed E-state index contributed by atoms with van der Waals surface area (Å²) in [6, 6.07) is 2.41. The lowest BCUT2D eigenvalue weighted by Gasteiger charge is -2.62. The van der Waals surface area contributed by atoms with Gasteiger partial charge in [0.1, 0.15) is 0 Å². The van der Waals surface area contributed by atoms with Gasteiger partial charge in [0.15, 0.2) is 11.6 Å². The summed E-state index contributed by atoms with van der Waals surface area (Å²) in [5, 5.41) is 7.03. The van der Waals surface area contributed by atoms with Gasteiger partial charge in [-0.3, -0.25) is 9.59 Å². The second kappa shape index (κ2) is 7.76. The van der Waals surface area contributed by atoms with E-state index in [2.05, 4.69) is 31.4 Å². The normalized spacial score (nSPS) is 32.2. The molecule has 1 aromatic carbocycles. The van der Waals surface area contributed by atoms with Crippen LogP contribution in [0.15, 0.2) is 12.1 Å². The van der Waals surface area contributed by atoms with E-state index in [-0.39, 0.29) is 34.9 Å². The summed E-state index contributed by atoms with van der Waals surface area (Å²) in [5.74, 6) is -0.503. The fourth-order valence-electron chi connectivity index (χ4n) is 7.38. The van der Waals surface area contributed by atoms with Crippen LogP contribution in [0.3, 0.4) is 0 Å². The van der Waals surface area contributed by atoms with E-state index in [1.54, 1.807) is 4.90 Å². The third kappa shape index (κ3) is 4.53. The van der Waals surface area contributed by atoms with Crippen molar-refractivity contribution in [3.63, 3.8) is 0 Å². The van der Waals surface area contributed by atoms with Crippen molar-refractivity contribution in [1.82, 2.24) is 15.5 Å². The SMILES string of the molecule is CC(C)(C)CC(=O)NC12CC3CC(CC(NCC(=O)N4Cc5cc(F)c(F)cc5C4)(C3)C1)C2. The van der Waals surface area contributed by atoms with E-state index < -0.39 is 11.6 Å². The average molecular weight is 460 g/mol. The van der Waals surface area contributed by atoms with Crippen LogP contribution in [0.5, 0.6) is 0 Å². The molecule has 5 nitrogen and oxygen atoms in total. The third-order valence-electron chi connectivity index (χ3n) is 8.09. The first-order chi connectivity index (χ1) is 15.4. The van der Waals surface area contributed by atoms with Crippen LogP contribution < -0.4 is 10.6 Å². The maximum absolute atomic E-state index is 13.6. The quantitative estimate of drug-likeness (QED) is 0.699. The van der Waals surface area contributed by atoms with Crippen molar-refractivity contribution in [3.05, 3.63) is 34.9 Å². The van der Waals surface area contributed by atoms with Crippen molar-refractivity contribution < 1.29 is 18.4 Å². The average Bonchev–Trinajstić information content (AvgIpc) is 3.06. The summed E-state index contributed by atoms with van der Waals surface area (Å²) in [5.41, 5.74) is 1.02. The van der Waals surface area contributed by atoms with Crippen molar-refractivity contribution in [1.29, 1.82) is 0 Å². The van der Waals surface area contributed by atoms with Gasteiger partial charge in [0, 0.05) is 30.6 Å². The van der Waals surface area contributed by atoms with Crippen LogP contribution >= 0.6 is 0 Å². The molecule has 4 bridgehead atoms. The molecule has 0 spiro atoms. The molecule has 2 atom stereocenters. The van der Waals surface area contributed by atoms with Gasteiger partial charge in [0.05, 0.1) is 6.54 Å². The van der Waals surface area contributed by atoms with Crippen LogP contribution in [0.25, 0.3) is 0 Å². The fourth-order valence-corrected chi connectivity index (χ4v) is 7.38. The lowest BCUT2D eigenvalue weighted by Crippen LogP contribution is -2.69. The largest absolute Gasteiger partial charge is 0.351 e. The van der Waals surface area contributed by atoms with Crippen molar-refractivity contribution >= 4 is 11.8 Å². The molecule has 1 aliphatic heterocycles. The van der Waals surface area contributed by atoms with E-state index in [4.69, 9.17) is 0 Å². The van der Waals surface area contributed by atoms with Gasteiger partial charge in [-0.2, -0.15) is 0 Å². The summed E-state index contributed by atoms with van der Waals surface area (Å²) < 4.78 is 27.1. The zero-order valence-electron chi connectivity index (χ0n) is 19.9. The molecule has 1 aromatic rings. The molecule has 4 fully saturated rings. The van der Waals surface area contributed by atoms with E-state index in [1.165, 1.54) is 18.6 Å². The number of nitrogens with one attached hydrogen (secondary N) is 2. The number of rotatable bonds is 5. The minimum Gasteiger partial charge on any atom is -0.351 e. The maximum Gasteiger partial charge on any atom is 0.237 e. The highest BCUT2D eigenvalue weighted by atomic mass is 19.2. The van der Waals surface area contributed by atoms with Crippen LogP contribution in [0.4, 0.5) is 8.78 Å². The van der Waals surface area contributed by atoms with Crippen LogP contribution in [0.2, 0.25) is 0 Å². The Bertz CT molecular complexity index is 941. The third-order valence-corrected chi connectivity index (χ3v) is 8.09. The number of hydrogen-bond donors (Lipinski definition) is 2. The van der Waals surface area contributed by atoms with Crippen molar-refractivity contribution in [2.45, 2.75) is 89.9 Å². The predicted molar refractivity (Wildman–Crippen MR) is 121 cm³/mol. The Balaban J connectivity index is 1.24. The minimum absolute atomic E-state index is 0.0476. The lowest BCUT2D eigenvalue weighted by atomic mass is 9.49. The number of carbonyl (C=O) groups is 2. The van der Waals surface area contributed by atoms with Gasteiger partial charge in [-0.15, -0.1) is 0 Å². The molecule has 33 heavy (non-hydrogen) atoms. The van der Waals surface area contributed by atoms with E-state index in [0.29, 0.717) is 42.5 Å². The number of fused-ring (bicyclic) bond motifs is 1. The Morgan fingerprint density at radius 1 is 1.00 bits per heavy atom. The number of carbonyl (C=O) groups excluding carboxylic acids is 2. The van der Waals surface area contributed by atoms with E-state index in [9.17, 15) is 18.4 Å². The highest BCUT2D eigenvalue weighted by Gasteiger charge is 2.58. The standard InChI is InChI=1S/C26H35F2N3O2/c1-24(2,3)11-22(32)30-26-9-16-4-17(10-26)8-25(7-16,15-26)29-12-23(33)31-13-18-5-20(27)21(28)6-19(18)14-31/h5-6,16-17,29H,4,7-15H2,1-3H3,(H,30,32). The second-order valence-electron chi connectivity index (χ2n) is 12.4. The second-order valence-corrected chi connectivity index (χ2v) is 12.4. The summed E-state index contributed by atoms with van der Waals surface area (Å²) in [4.78, 5) is 27.5. The zero-order chi connectivity index (χ0) is 23.6. The molecule has 2 amide bonds. The van der Waals surface area contributed by atoms with E-state index in [1.807, 2.05) is 0 Å². The molecule has 6 rings (SSSR count). The van der Waals surface area contributed by atoms with Gasteiger partial charge in [0.2, 0.25) is 11.8 Å². The number of nitrogens with zero attached hydrogens (tertiary/aromatic N) is 1. The molecule has 0 radical (unpaired) electrons. The lowest BCUT2D eigenvalue weighted by molar-refractivity contribution is -0.134. The number of hydrogen-bond acceptors (Lipinski definition) is 3. The van der Waals surface area contributed by atoms with Gasteiger partial charge in [0.25, 0.3) is 0 Å². The Hall–Kier alpha value is -2.02. The first-order valence-electron chi connectivity index (χ1n) is 12.2. The van der Waals surface area contributed by atoms with Gasteiger partial charge in [-0.05, 0) is 79.0 Å². The van der Waals surface area contributed by atoms with Gasteiger partial charge >= 0.3 is 0 Å². The zero-order valence-corrected chi connectivity index (χ0v) is 19.9. The Labute approximate surface area is 194 Å². The fraction of sp³-hybridized carbons (Fsp3) is 0.692. The molecular formula is C26H35F2N3O2. The molecule has 2 N–H and O–H groups in total. The molecule has 0 saturated heterocycles. The first kappa shape index (κ1) is 22.8. The highest BCUT2D eigenvalue weighted by molar-refractivity contribution is 5.79. The molecular weight excluding hydrogens is 424 g/mol. The van der Waals surface area contributed by atoms with Crippen LogP contribution in [-0.4, -0.2) is 34.3 Å². The first-order valence-corrected chi connectivity index (χ1v) is 12.2. The summed E-state index contributed by atoms with van der Waals surface area (Å²) >= 11 is 0. The molecule has 5 aliphatic rings. The molecule has 180 valence electrons. The topological polar surface area (TPSA) is 61.4 Å². The minimum atomic E-state index is -0.867. The Morgan fingerprint density at radius 2 is 1.55 bits per heavy atom. The number of halogens is 2. The predicted octanol–water partition coefficient (Wildman–Crippen LogP) is 4.04. The summed E-state index contributed by atoms with van der Waals surface area (Å²) in [6.07, 6.45) is 6.76. The molecule has 2 unspecified atom stereocenters.